The molecular weight excluding hydrogens is 223 g/mol. The van der Waals surface area contributed by atoms with Gasteiger partial charge < -0.3 is 9.84 Å². The Kier molecular flexibility index (Phi) is 7.99. The Balaban J connectivity index is 3.70. The van der Waals surface area contributed by atoms with Crippen molar-refractivity contribution in [1.82, 2.24) is 4.90 Å². The summed E-state index contributed by atoms with van der Waals surface area (Å²) in [5.74, 6) is 5.45. The molecule has 0 aromatic rings. The first-order valence-corrected chi connectivity index (χ1v) is 4.87. The van der Waals surface area contributed by atoms with Gasteiger partial charge in [-0.05, 0) is 6.92 Å². The van der Waals surface area contributed by atoms with Crippen LogP contribution in [0.1, 0.15) is 6.92 Å². The number of alkyl halides is 3. The van der Waals surface area contributed by atoms with Crippen LogP contribution in [0, 0.1) is 11.8 Å². The zero-order valence-electron chi connectivity index (χ0n) is 9.18. The molecule has 0 aliphatic carbocycles. The molecule has 0 aliphatic rings. The van der Waals surface area contributed by atoms with E-state index >= 15 is 0 Å². The first kappa shape index (κ1) is 15.2. The predicted octanol–water partition coefficient (Wildman–Crippen LogP) is 0.883. The number of nitrogens with zero attached hydrogens (tertiary/aromatic N) is 1. The minimum absolute atomic E-state index is 0.0229. The molecule has 0 atom stereocenters. The van der Waals surface area contributed by atoms with Gasteiger partial charge in [0, 0.05) is 13.1 Å². The van der Waals surface area contributed by atoms with E-state index in [0.717, 1.165) is 0 Å². The Labute approximate surface area is 93.2 Å². The second-order valence-corrected chi connectivity index (χ2v) is 3.09. The lowest BCUT2D eigenvalue weighted by Gasteiger charge is -2.18. The molecular formula is C10H16F3NO2. The van der Waals surface area contributed by atoms with Gasteiger partial charge in [-0.2, -0.15) is 13.2 Å². The number of ether oxygens (including phenoxy) is 1. The van der Waals surface area contributed by atoms with Crippen LogP contribution in [0.3, 0.4) is 0 Å². The van der Waals surface area contributed by atoms with Crippen LogP contribution in [0.5, 0.6) is 0 Å². The van der Waals surface area contributed by atoms with E-state index in [1.54, 1.807) is 11.8 Å². The van der Waals surface area contributed by atoms with Crippen molar-refractivity contribution in [3.63, 3.8) is 0 Å². The molecule has 94 valence electrons. The molecule has 0 bridgehead atoms. The van der Waals surface area contributed by atoms with E-state index in [1.807, 2.05) is 0 Å². The van der Waals surface area contributed by atoms with Crippen molar-refractivity contribution < 1.29 is 23.0 Å². The van der Waals surface area contributed by atoms with E-state index < -0.39 is 12.8 Å². The molecule has 0 fully saturated rings. The zero-order valence-corrected chi connectivity index (χ0v) is 9.18. The van der Waals surface area contributed by atoms with Crippen LogP contribution in [0.4, 0.5) is 13.2 Å². The predicted molar refractivity (Wildman–Crippen MR) is 53.8 cm³/mol. The summed E-state index contributed by atoms with van der Waals surface area (Å²) < 4.78 is 39.6. The maximum Gasteiger partial charge on any atom is 0.411 e. The van der Waals surface area contributed by atoms with E-state index in [1.165, 1.54) is 0 Å². The molecule has 0 spiro atoms. The average molecular weight is 239 g/mol. The number of aliphatic hydroxyl groups is 1. The maximum absolute atomic E-state index is 11.7. The molecule has 0 saturated heterocycles. The van der Waals surface area contributed by atoms with Crippen LogP contribution in [0.2, 0.25) is 0 Å². The Bertz CT molecular complexity index is 232. The molecule has 0 heterocycles. The van der Waals surface area contributed by atoms with E-state index in [0.29, 0.717) is 19.6 Å². The topological polar surface area (TPSA) is 32.7 Å². The van der Waals surface area contributed by atoms with Crippen molar-refractivity contribution in [2.24, 2.45) is 0 Å². The fourth-order valence-corrected chi connectivity index (χ4v) is 0.984. The van der Waals surface area contributed by atoms with Gasteiger partial charge in [-0.3, -0.25) is 4.90 Å². The average Bonchev–Trinajstić information content (AvgIpc) is 2.19. The third-order valence-electron chi connectivity index (χ3n) is 1.71. The Morgan fingerprint density at radius 1 is 1.31 bits per heavy atom. The lowest BCUT2D eigenvalue weighted by Crippen LogP contribution is -2.32. The first-order chi connectivity index (χ1) is 7.49. The lowest BCUT2D eigenvalue weighted by molar-refractivity contribution is -0.174. The summed E-state index contributed by atoms with van der Waals surface area (Å²) in [7, 11) is 0. The number of hydrogen-bond donors (Lipinski definition) is 1. The van der Waals surface area contributed by atoms with Gasteiger partial charge in [0.25, 0.3) is 0 Å². The summed E-state index contributed by atoms with van der Waals surface area (Å²) in [5, 5.41) is 8.71. The van der Waals surface area contributed by atoms with Crippen LogP contribution in [0.15, 0.2) is 0 Å². The molecule has 0 unspecified atom stereocenters. The maximum atomic E-state index is 11.7. The van der Waals surface area contributed by atoms with Crippen LogP contribution in [0.25, 0.3) is 0 Å². The van der Waals surface area contributed by atoms with E-state index in [-0.39, 0.29) is 13.2 Å². The highest BCUT2D eigenvalue weighted by Crippen LogP contribution is 2.14. The molecule has 0 aromatic heterocycles. The Morgan fingerprint density at radius 3 is 2.50 bits per heavy atom. The summed E-state index contributed by atoms with van der Waals surface area (Å²) in [6.45, 7) is 1.49. The van der Waals surface area contributed by atoms with Gasteiger partial charge >= 0.3 is 6.18 Å². The second kappa shape index (κ2) is 8.39. The molecule has 16 heavy (non-hydrogen) atoms. The highest BCUT2D eigenvalue weighted by atomic mass is 19.4. The summed E-state index contributed by atoms with van der Waals surface area (Å²) in [6.07, 6.45) is -4.29. The van der Waals surface area contributed by atoms with Crippen molar-refractivity contribution in [2.45, 2.75) is 13.1 Å². The zero-order chi connectivity index (χ0) is 12.4. The fraction of sp³-hybridized carbons (Fsp3) is 0.800. The van der Waals surface area contributed by atoms with Gasteiger partial charge in [0.2, 0.25) is 0 Å². The second-order valence-electron chi connectivity index (χ2n) is 3.09. The molecule has 3 nitrogen and oxygen atoms in total. The number of aliphatic hydroxyl groups excluding tert-OH is 1. The minimum atomic E-state index is -4.29. The highest BCUT2D eigenvalue weighted by Gasteiger charge is 2.27. The smallest absolute Gasteiger partial charge is 0.395 e. The van der Waals surface area contributed by atoms with Gasteiger partial charge in [0.1, 0.15) is 6.61 Å². The van der Waals surface area contributed by atoms with Crippen LogP contribution in [-0.2, 0) is 4.74 Å². The number of halogens is 3. The molecule has 1 N–H and O–H groups in total. The third kappa shape index (κ3) is 9.77. The van der Waals surface area contributed by atoms with E-state index in [9.17, 15) is 13.2 Å². The van der Waals surface area contributed by atoms with Crippen molar-refractivity contribution in [3.8, 4) is 11.8 Å². The normalized spacial score (nSPS) is 11.4. The molecule has 6 heteroatoms. The summed E-state index contributed by atoms with van der Waals surface area (Å²) in [5.41, 5.74) is 0. The van der Waals surface area contributed by atoms with Gasteiger partial charge in [0.05, 0.1) is 19.8 Å². The fourth-order valence-electron chi connectivity index (χ4n) is 0.984. The summed E-state index contributed by atoms with van der Waals surface area (Å²) >= 11 is 0. The van der Waals surface area contributed by atoms with E-state index in [2.05, 4.69) is 16.6 Å². The molecule has 0 radical (unpaired) electrons. The van der Waals surface area contributed by atoms with Crippen LogP contribution >= 0.6 is 0 Å². The van der Waals surface area contributed by atoms with Crippen molar-refractivity contribution in [3.05, 3.63) is 0 Å². The number of rotatable bonds is 7. The number of hydrogen-bond acceptors (Lipinski definition) is 3. The molecule has 0 saturated carbocycles. The first-order valence-electron chi connectivity index (χ1n) is 4.87. The lowest BCUT2D eigenvalue weighted by atomic mass is 10.4. The van der Waals surface area contributed by atoms with Crippen molar-refractivity contribution in [1.29, 1.82) is 0 Å². The van der Waals surface area contributed by atoms with Gasteiger partial charge in [0.15, 0.2) is 0 Å². The van der Waals surface area contributed by atoms with Crippen LogP contribution in [-0.4, -0.2) is 55.6 Å². The minimum Gasteiger partial charge on any atom is -0.395 e. The third-order valence-corrected chi connectivity index (χ3v) is 1.71. The summed E-state index contributed by atoms with van der Waals surface area (Å²) in [4.78, 5) is 1.73. The molecule has 0 aromatic carbocycles. The van der Waals surface area contributed by atoms with Crippen molar-refractivity contribution in [2.75, 3.05) is 39.5 Å². The SMILES string of the molecule is CC#CCN(CCO)CCOCC(F)(F)F. The summed E-state index contributed by atoms with van der Waals surface area (Å²) in [6, 6.07) is 0. The standard InChI is InChI=1S/C10H16F3NO2/c1-2-3-4-14(5-7-15)6-8-16-9-10(11,12)13/h15H,4-9H2,1H3. The van der Waals surface area contributed by atoms with Crippen LogP contribution < -0.4 is 0 Å². The van der Waals surface area contributed by atoms with Crippen molar-refractivity contribution >= 4 is 0 Å². The van der Waals surface area contributed by atoms with Gasteiger partial charge in [-0.15, -0.1) is 5.92 Å². The van der Waals surface area contributed by atoms with Gasteiger partial charge in [-0.25, -0.2) is 0 Å². The monoisotopic (exact) mass is 239 g/mol. The molecule has 0 rings (SSSR count). The quantitative estimate of drug-likeness (QED) is 0.529. The van der Waals surface area contributed by atoms with Gasteiger partial charge in [-0.1, -0.05) is 5.92 Å². The Hall–Kier alpha value is -0.770. The highest BCUT2D eigenvalue weighted by molar-refractivity contribution is 4.97. The Morgan fingerprint density at radius 2 is 2.00 bits per heavy atom. The largest absolute Gasteiger partial charge is 0.411 e. The van der Waals surface area contributed by atoms with E-state index in [4.69, 9.17) is 5.11 Å². The molecule has 0 aliphatic heterocycles. The molecule has 0 amide bonds.